The molecule has 0 bridgehead atoms. The van der Waals surface area contributed by atoms with E-state index in [9.17, 15) is 19.2 Å². The second-order valence-corrected chi connectivity index (χ2v) is 9.06. The molecule has 3 rings (SSSR count). The van der Waals surface area contributed by atoms with Gasteiger partial charge >= 0.3 is 0 Å². The highest BCUT2D eigenvalue weighted by Crippen LogP contribution is 2.37. The van der Waals surface area contributed by atoms with E-state index in [0.29, 0.717) is 38.1 Å². The summed E-state index contributed by atoms with van der Waals surface area (Å²) in [6.07, 6.45) is 4.25. The summed E-state index contributed by atoms with van der Waals surface area (Å²) in [5, 5.41) is 15.6. The lowest BCUT2D eigenvalue weighted by atomic mass is 9.84. The smallest absolute Gasteiger partial charge is 0.226 e. The summed E-state index contributed by atoms with van der Waals surface area (Å²) in [4.78, 5) is 25.7. The van der Waals surface area contributed by atoms with Crippen LogP contribution in [0.3, 0.4) is 0 Å². The summed E-state index contributed by atoms with van der Waals surface area (Å²) in [6.45, 7) is 0.438. The molecule has 2 aliphatic heterocycles. The number of amides is 2. The van der Waals surface area contributed by atoms with Gasteiger partial charge < -0.3 is 10.2 Å². The summed E-state index contributed by atoms with van der Waals surface area (Å²) in [7, 11) is 1.72. The second-order valence-electron chi connectivity index (χ2n) is 7.71. The van der Waals surface area contributed by atoms with Gasteiger partial charge in [-0.05, 0) is 31.6 Å². The topological polar surface area (TPSA) is 85.2 Å². The molecule has 26 heavy (non-hydrogen) atoms. The SMILES string of the molecule is CN1CC(C(=O)NC2NC(C#N)C(CC3CCCC(F)C3)S2)CCC1=O. The number of likely N-dealkylation sites (tertiary alicyclic amines) is 1. The Labute approximate surface area is 158 Å². The molecule has 0 aromatic heterocycles. The predicted molar refractivity (Wildman–Crippen MR) is 97.7 cm³/mol. The number of thioether (sulfide) groups is 1. The Balaban J connectivity index is 1.51. The molecule has 144 valence electrons. The van der Waals surface area contributed by atoms with Gasteiger partial charge in [0, 0.05) is 25.3 Å². The largest absolute Gasteiger partial charge is 0.345 e. The zero-order chi connectivity index (χ0) is 18.7. The van der Waals surface area contributed by atoms with E-state index in [-0.39, 0.29) is 34.5 Å². The molecule has 1 aliphatic carbocycles. The van der Waals surface area contributed by atoms with Crippen LogP contribution < -0.4 is 10.6 Å². The monoisotopic (exact) mass is 382 g/mol. The molecule has 3 aliphatic rings. The van der Waals surface area contributed by atoms with Gasteiger partial charge in [0.1, 0.15) is 17.7 Å². The van der Waals surface area contributed by atoms with E-state index in [1.54, 1.807) is 23.7 Å². The minimum absolute atomic E-state index is 0.0659. The van der Waals surface area contributed by atoms with Crippen molar-refractivity contribution in [2.45, 2.75) is 67.9 Å². The highest BCUT2D eigenvalue weighted by molar-refractivity contribution is 8.00. The van der Waals surface area contributed by atoms with Gasteiger partial charge in [0.2, 0.25) is 11.8 Å². The number of carbonyl (C=O) groups excluding carboxylic acids is 2. The van der Waals surface area contributed by atoms with Crippen LogP contribution in [0.15, 0.2) is 0 Å². The number of nitrogens with zero attached hydrogens (tertiary/aromatic N) is 2. The number of carbonyl (C=O) groups is 2. The van der Waals surface area contributed by atoms with Crippen molar-refractivity contribution in [1.82, 2.24) is 15.5 Å². The second kappa shape index (κ2) is 8.57. The standard InChI is InChI=1S/C18H27FN4O2S/c1-23-10-12(5-6-16(23)24)17(25)22-18-21-14(9-20)15(26-18)8-11-3-2-4-13(19)7-11/h11-15,18,21H,2-8,10H2,1H3,(H,22,25). The van der Waals surface area contributed by atoms with Crippen molar-refractivity contribution in [3.05, 3.63) is 0 Å². The Hall–Kier alpha value is -1.33. The van der Waals surface area contributed by atoms with Gasteiger partial charge in [0.05, 0.1) is 12.0 Å². The van der Waals surface area contributed by atoms with Crippen LogP contribution in [0.25, 0.3) is 0 Å². The molecule has 0 radical (unpaired) electrons. The number of rotatable bonds is 4. The van der Waals surface area contributed by atoms with E-state index < -0.39 is 6.17 Å². The normalized spacial score (nSPS) is 38.0. The lowest BCUT2D eigenvalue weighted by Crippen LogP contribution is -2.49. The summed E-state index contributed by atoms with van der Waals surface area (Å²) in [5.41, 5.74) is -0.301. The summed E-state index contributed by atoms with van der Waals surface area (Å²) in [5.74, 6) is 0.116. The van der Waals surface area contributed by atoms with Gasteiger partial charge in [0.25, 0.3) is 0 Å². The molecule has 6 unspecified atom stereocenters. The summed E-state index contributed by atoms with van der Waals surface area (Å²) < 4.78 is 13.6. The van der Waals surface area contributed by atoms with Gasteiger partial charge in [-0.2, -0.15) is 5.26 Å². The number of alkyl halides is 1. The minimum Gasteiger partial charge on any atom is -0.345 e. The Morgan fingerprint density at radius 1 is 1.46 bits per heavy atom. The molecular weight excluding hydrogens is 355 g/mol. The first-order valence-corrected chi connectivity index (χ1v) is 10.4. The quantitative estimate of drug-likeness (QED) is 0.774. The number of hydrogen-bond donors (Lipinski definition) is 2. The zero-order valence-electron chi connectivity index (χ0n) is 15.1. The Kier molecular flexibility index (Phi) is 6.41. The third kappa shape index (κ3) is 4.68. The van der Waals surface area contributed by atoms with Crippen molar-refractivity contribution >= 4 is 23.6 Å². The van der Waals surface area contributed by atoms with Crippen LogP contribution >= 0.6 is 11.8 Å². The van der Waals surface area contributed by atoms with Crippen molar-refractivity contribution in [3.8, 4) is 6.07 Å². The Morgan fingerprint density at radius 2 is 2.27 bits per heavy atom. The first-order chi connectivity index (χ1) is 12.5. The summed E-state index contributed by atoms with van der Waals surface area (Å²) in [6, 6.07) is 1.95. The molecule has 6 nitrogen and oxygen atoms in total. The van der Waals surface area contributed by atoms with E-state index in [1.807, 2.05) is 0 Å². The van der Waals surface area contributed by atoms with E-state index in [4.69, 9.17) is 0 Å². The molecular formula is C18H27FN4O2S. The molecule has 1 saturated carbocycles. The molecule has 0 aromatic rings. The van der Waals surface area contributed by atoms with Crippen molar-refractivity contribution in [2.75, 3.05) is 13.6 Å². The highest BCUT2D eigenvalue weighted by Gasteiger charge is 2.38. The van der Waals surface area contributed by atoms with Crippen LogP contribution in [0.4, 0.5) is 4.39 Å². The molecule has 2 saturated heterocycles. The van der Waals surface area contributed by atoms with E-state index in [0.717, 1.165) is 19.3 Å². The molecule has 8 heteroatoms. The molecule has 3 fully saturated rings. The van der Waals surface area contributed by atoms with Crippen molar-refractivity contribution < 1.29 is 14.0 Å². The number of hydrogen-bond acceptors (Lipinski definition) is 5. The van der Waals surface area contributed by atoms with Crippen LogP contribution in [0, 0.1) is 23.2 Å². The molecule has 6 atom stereocenters. The first-order valence-electron chi connectivity index (χ1n) is 9.45. The van der Waals surface area contributed by atoms with Gasteiger partial charge in [-0.1, -0.05) is 12.8 Å². The first kappa shape index (κ1) is 19.4. The van der Waals surface area contributed by atoms with Crippen LogP contribution in [-0.4, -0.2) is 53.3 Å². The van der Waals surface area contributed by atoms with Crippen molar-refractivity contribution in [2.24, 2.45) is 11.8 Å². The zero-order valence-corrected chi connectivity index (χ0v) is 15.9. The fourth-order valence-electron chi connectivity index (χ4n) is 4.19. The number of nitriles is 1. The fraction of sp³-hybridized carbons (Fsp3) is 0.833. The van der Waals surface area contributed by atoms with Crippen LogP contribution in [0.1, 0.15) is 44.9 Å². The minimum atomic E-state index is -0.713. The Morgan fingerprint density at radius 3 is 2.96 bits per heavy atom. The number of halogens is 1. The average Bonchev–Trinajstić information content (AvgIpc) is 2.98. The van der Waals surface area contributed by atoms with Gasteiger partial charge in [-0.25, -0.2) is 4.39 Å². The van der Waals surface area contributed by atoms with E-state index in [2.05, 4.69) is 16.7 Å². The van der Waals surface area contributed by atoms with Gasteiger partial charge in [-0.15, -0.1) is 11.8 Å². The maximum absolute atomic E-state index is 13.6. The van der Waals surface area contributed by atoms with Gasteiger partial charge in [0.15, 0.2) is 0 Å². The summed E-state index contributed by atoms with van der Waals surface area (Å²) >= 11 is 1.56. The lowest BCUT2D eigenvalue weighted by molar-refractivity contribution is -0.136. The Bertz CT molecular complexity index is 584. The molecule has 0 aromatic carbocycles. The van der Waals surface area contributed by atoms with Crippen LogP contribution in [0.5, 0.6) is 0 Å². The number of piperidine rings is 1. The van der Waals surface area contributed by atoms with E-state index >= 15 is 0 Å². The van der Waals surface area contributed by atoms with Crippen LogP contribution in [-0.2, 0) is 9.59 Å². The maximum Gasteiger partial charge on any atom is 0.226 e. The molecule has 2 amide bonds. The molecule has 2 heterocycles. The van der Waals surface area contributed by atoms with Crippen molar-refractivity contribution in [3.63, 3.8) is 0 Å². The molecule has 0 spiro atoms. The van der Waals surface area contributed by atoms with Crippen molar-refractivity contribution in [1.29, 1.82) is 5.26 Å². The third-order valence-electron chi connectivity index (χ3n) is 5.71. The fourth-order valence-corrected chi connectivity index (χ4v) is 5.63. The van der Waals surface area contributed by atoms with E-state index in [1.165, 1.54) is 0 Å². The lowest BCUT2D eigenvalue weighted by Gasteiger charge is -2.29. The predicted octanol–water partition coefficient (Wildman–Crippen LogP) is 1.77. The van der Waals surface area contributed by atoms with Crippen LogP contribution in [0.2, 0.25) is 0 Å². The maximum atomic E-state index is 13.6. The van der Waals surface area contributed by atoms with Gasteiger partial charge in [-0.3, -0.25) is 14.9 Å². The average molecular weight is 383 g/mol. The molecule has 2 N–H and O–H groups in total. The third-order valence-corrected chi connectivity index (χ3v) is 7.05. The number of nitrogens with one attached hydrogen (secondary N) is 2. The highest BCUT2D eigenvalue weighted by atomic mass is 32.2.